The van der Waals surface area contributed by atoms with Crippen LogP contribution in [0.5, 0.6) is 0 Å². The summed E-state index contributed by atoms with van der Waals surface area (Å²) in [6, 6.07) is 1.34. The van der Waals surface area contributed by atoms with E-state index in [1.807, 2.05) is 0 Å². The Morgan fingerprint density at radius 2 is 2.11 bits per heavy atom. The first kappa shape index (κ1) is 15.2. The lowest BCUT2D eigenvalue weighted by molar-refractivity contribution is -0.128. The van der Waals surface area contributed by atoms with Crippen molar-refractivity contribution in [3.05, 3.63) is 22.8 Å². The fourth-order valence-electron chi connectivity index (χ4n) is 1.43. The van der Waals surface area contributed by atoms with Crippen molar-refractivity contribution in [3.8, 4) is 0 Å². The van der Waals surface area contributed by atoms with Crippen LogP contribution >= 0.6 is 11.6 Å². The molecule has 0 fully saturated rings. The molecule has 0 saturated heterocycles. The minimum atomic E-state index is -1.12. The first-order chi connectivity index (χ1) is 8.77. The fourth-order valence-corrected chi connectivity index (χ4v) is 1.61. The first-order valence-electron chi connectivity index (χ1n) is 5.63. The van der Waals surface area contributed by atoms with E-state index in [1.54, 1.807) is 20.9 Å². The van der Waals surface area contributed by atoms with E-state index < -0.39 is 11.4 Å². The van der Waals surface area contributed by atoms with Gasteiger partial charge in [-0.3, -0.25) is 4.79 Å². The summed E-state index contributed by atoms with van der Waals surface area (Å²) in [4.78, 5) is 26.5. The molecule has 19 heavy (non-hydrogen) atoms. The van der Waals surface area contributed by atoms with Crippen molar-refractivity contribution in [1.29, 1.82) is 0 Å². The monoisotopic (exact) mass is 285 g/mol. The molecule has 0 aliphatic rings. The number of amides is 1. The quantitative estimate of drug-likeness (QED) is 0.764. The maximum Gasteiger partial charge on any atom is 0.337 e. The average Bonchev–Trinajstić information content (AvgIpc) is 2.36. The smallest absolute Gasteiger partial charge is 0.337 e. The number of carbonyl (C=O) groups is 2. The zero-order valence-corrected chi connectivity index (χ0v) is 11.7. The molecular weight excluding hydrogens is 270 g/mol. The molecular formula is C12H16ClN3O3. The van der Waals surface area contributed by atoms with E-state index in [2.05, 4.69) is 15.6 Å². The Morgan fingerprint density at radius 1 is 1.47 bits per heavy atom. The van der Waals surface area contributed by atoms with Crippen molar-refractivity contribution in [3.63, 3.8) is 0 Å². The summed E-state index contributed by atoms with van der Waals surface area (Å²) >= 11 is 5.72. The molecule has 1 aromatic rings. The van der Waals surface area contributed by atoms with Gasteiger partial charge in [0.15, 0.2) is 0 Å². The van der Waals surface area contributed by atoms with Gasteiger partial charge in [-0.1, -0.05) is 11.6 Å². The van der Waals surface area contributed by atoms with Gasteiger partial charge in [-0.05, 0) is 19.9 Å². The molecule has 0 aliphatic heterocycles. The number of aromatic nitrogens is 1. The number of hydrogen-bond donors (Lipinski definition) is 3. The van der Waals surface area contributed by atoms with Gasteiger partial charge in [0.1, 0.15) is 5.82 Å². The number of pyridine rings is 1. The molecule has 0 spiro atoms. The van der Waals surface area contributed by atoms with Crippen LogP contribution in [0.15, 0.2) is 12.3 Å². The second-order valence-corrected chi connectivity index (χ2v) is 5.08. The van der Waals surface area contributed by atoms with Crippen LogP contribution in [-0.2, 0) is 4.79 Å². The molecule has 0 aromatic carbocycles. The Kier molecular flexibility index (Phi) is 4.72. The van der Waals surface area contributed by atoms with Gasteiger partial charge < -0.3 is 15.7 Å². The van der Waals surface area contributed by atoms with E-state index in [0.717, 1.165) is 0 Å². The van der Waals surface area contributed by atoms with Crippen molar-refractivity contribution in [1.82, 2.24) is 10.3 Å². The number of nitrogens with one attached hydrogen (secondary N) is 2. The lowest BCUT2D eigenvalue weighted by Crippen LogP contribution is -2.39. The zero-order valence-electron chi connectivity index (χ0n) is 11.0. The van der Waals surface area contributed by atoms with E-state index in [9.17, 15) is 9.59 Å². The van der Waals surface area contributed by atoms with Gasteiger partial charge in [-0.25, -0.2) is 9.78 Å². The van der Waals surface area contributed by atoms with Gasteiger partial charge in [-0.2, -0.15) is 0 Å². The molecule has 1 amide bonds. The number of hydrogen-bond acceptors (Lipinski definition) is 4. The maximum absolute atomic E-state index is 11.6. The highest BCUT2D eigenvalue weighted by molar-refractivity contribution is 6.33. The molecule has 0 bridgehead atoms. The van der Waals surface area contributed by atoms with Crippen LogP contribution in [0, 0.1) is 5.41 Å². The molecule has 1 heterocycles. The normalized spacial score (nSPS) is 10.9. The van der Waals surface area contributed by atoms with Crippen LogP contribution in [0.3, 0.4) is 0 Å². The summed E-state index contributed by atoms with van der Waals surface area (Å²) in [5.74, 6) is -0.882. The lowest BCUT2D eigenvalue weighted by atomic mass is 9.92. The highest BCUT2D eigenvalue weighted by Gasteiger charge is 2.26. The molecule has 104 valence electrons. The minimum Gasteiger partial charge on any atom is -0.478 e. The summed E-state index contributed by atoms with van der Waals surface area (Å²) in [6.07, 6.45) is 1.26. The maximum atomic E-state index is 11.6. The number of carbonyl (C=O) groups excluding carboxylic acids is 1. The molecule has 7 heteroatoms. The van der Waals surface area contributed by atoms with Crippen LogP contribution in [0.1, 0.15) is 24.2 Å². The first-order valence-corrected chi connectivity index (χ1v) is 6.00. The van der Waals surface area contributed by atoms with Gasteiger partial charge in [0, 0.05) is 19.8 Å². The van der Waals surface area contributed by atoms with E-state index in [-0.39, 0.29) is 16.5 Å². The van der Waals surface area contributed by atoms with Crippen molar-refractivity contribution < 1.29 is 14.7 Å². The lowest BCUT2D eigenvalue weighted by Gasteiger charge is -2.23. The topological polar surface area (TPSA) is 91.3 Å². The predicted octanol–water partition coefficient (Wildman–Crippen LogP) is 1.62. The van der Waals surface area contributed by atoms with Crippen LogP contribution < -0.4 is 10.6 Å². The molecule has 6 nitrogen and oxygen atoms in total. The van der Waals surface area contributed by atoms with Crippen LogP contribution in [0.4, 0.5) is 5.82 Å². The third-order valence-corrected chi connectivity index (χ3v) is 2.94. The average molecular weight is 286 g/mol. The second kappa shape index (κ2) is 5.88. The molecule has 0 atom stereocenters. The third-order valence-electron chi connectivity index (χ3n) is 2.64. The molecule has 0 aliphatic carbocycles. The van der Waals surface area contributed by atoms with Gasteiger partial charge in [0.2, 0.25) is 5.91 Å². The standard InChI is InChI=1S/C12H16ClN3O3/c1-12(2,11(19)14-3)6-16-9-4-7(10(17)18)8(13)5-15-9/h4-5H,6H2,1-3H3,(H,14,19)(H,15,16)(H,17,18). The van der Waals surface area contributed by atoms with Crippen molar-refractivity contribution in [2.75, 3.05) is 18.9 Å². The number of anilines is 1. The van der Waals surface area contributed by atoms with Crippen LogP contribution in [0.2, 0.25) is 5.02 Å². The summed E-state index contributed by atoms with van der Waals surface area (Å²) in [6.45, 7) is 3.86. The zero-order chi connectivity index (χ0) is 14.6. The van der Waals surface area contributed by atoms with Gasteiger partial charge >= 0.3 is 5.97 Å². The molecule has 3 N–H and O–H groups in total. The molecule has 0 unspecified atom stereocenters. The SMILES string of the molecule is CNC(=O)C(C)(C)CNc1cc(C(=O)O)c(Cl)cn1. The number of carboxylic acid groups (broad SMARTS) is 1. The highest BCUT2D eigenvalue weighted by Crippen LogP contribution is 2.20. The van der Waals surface area contributed by atoms with E-state index in [4.69, 9.17) is 16.7 Å². The Hall–Kier alpha value is -1.82. The predicted molar refractivity (Wildman–Crippen MR) is 72.5 cm³/mol. The second-order valence-electron chi connectivity index (χ2n) is 4.67. The van der Waals surface area contributed by atoms with Gasteiger partial charge in [0.25, 0.3) is 0 Å². The number of halogens is 1. The number of carboxylic acids is 1. The molecule has 1 rings (SSSR count). The Morgan fingerprint density at radius 3 is 2.63 bits per heavy atom. The Labute approximate surface area is 116 Å². The van der Waals surface area contributed by atoms with E-state index in [0.29, 0.717) is 12.4 Å². The van der Waals surface area contributed by atoms with Crippen molar-refractivity contribution in [2.45, 2.75) is 13.8 Å². The van der Waals surface area contributed by atoms with E-state index in [1.165, 1.54) is 12.3 Å². The number of nitrogens with zero attached hydrogens (tertiary/aromatic N) is 1. The van der Waals surface area contributed by atoms with Crippen molar-refractivity contribution >= 4 is 29.3 Å². The molecule has 0 saturated carbocycles. The third kappa shape index (κ3) is 3.82. The summed E-state index contributed by atoms with van der Waals surface area (Å²) in [5.41, 5.74) is -0.670. The molecule has 1 aromatic heterocycles. The Bertz CT molecular complexity index is 503. The van der Waals surface area contributed by atoms with Gasteiger partial charge in [0.05, 0.1) is 16.0 Å². The summed E-state index contributed by atoms with van der Waals surface area (Å²) in [7, 11) is 1.56. The summed E-state index contributed by atoms with van der Waals surface area (Å²) < 4.78 is 0. The minimum absolute atomic E-state index is 0.0306. The fraction of sp³-hybridized carbons (Fsp3) is 0.417. The van der Waals surface area contributed by atoms with E-state index >= 15 is 0 Å². The summed E-state index contributed by atoms with van der Waals surface area (Å²) in [5, 5.41) is 14.5. The molecule has 0 radical (unpaired) electrons. The number of aromatic carboxylic acids is 1. The largest absolute Gasteiger partial charge is 0.478 e. The van der Waals surface area contributed by atoms with Crippen LogP contribution in [-0.4, -0.2) is 35.6 Å². The Balaban J connectivity index is 2.82. The van der Waals surface area contributed by atoms with Crippen molar-refractivity contribution in [2.24, 2.45) is 5.41 Å². The van der Waals surface area contributed by atoms with Gasteiger partial charge in [-0.15, -0.1) is 0 Å². The number of rotatable bonds is 5. The highest BCUT2D eigenvalue weighted by atomic mass is 35.5. The van der Waals surface area contributed by atoms with Crippen LogP contribution in [0.25, 0.3) is 0 Å².